The van der Waals surface area contributed by atoms with Gasteiger partial charge in [0, 0.05) is 17.2 Å². The molecule has 0 aliphatic carbocycles. The van der Waals surface area contributed by atoms with Gasteiger partial charge in [0.05, 0.1) is 27.0 Å². The van der Waals surface area contributed by atoms with Crippen LogP contribution in [-0.4, -0.2) is 44.0 Å². The molecule has 0 saturated heterocycles. The van der Waals surface area contributed by atoms with Crippen molar-refractivity contribution in [1.29, 1.82) is 0 Å². The number of nitrogens with one attached hydrogen (secondary N) is 2. The molecule has 0 aliphatic rings. The average Bonchev–Trinajstić information content (AvgIpc) is 2.90. The summed E-state index contributed by atoms with van der Waals surface area (Å²) in [6, 6.07) is 18.3. The lowest BCUT2D eigenvalue weighted by Crippen LogP contribution is -2.32. The number of rotatable bonds is 10. The van der Waals surface area contributed by atoms with Gasteiger partial charge in [-0.2, -0.15) is 5.10 Å². The van der Waals surface area contributed by atoms with Crippen LogP contribution in [0, 0.1) is 0 Å². The van der Waals surface area contributed by atoms with Crippen LogP contribution in [0.5, 0.6) is 23.0 Å². The van der Waals surface area contributed by atoms with E-state index >= 15 is 0 Å². The molecule has 9 heteroatoms. The van der Waals surface area contributed by atoms with Crippen molar-refractivity contribution in [3.63, 3.8) is 0 Å². The third kappa shape index (κ3) is 6.86. The van der Waals surface area contributed by atoms with E-state index in [9.17, 15) is 14.7 Å². The molecule has 0 spiro atoms. The second-order valence-electron chi connectivity index (χ2n) is 7.35. The summed E-state index contributed by atoms with van der Waals surface area (Å²) < 4.78 is 16.0. The minimum atomic E-state index is -0.655. The van der Waals surface area contributed by atoms with E-state index in [4.69, 9.17) is 14.2 Å². The van der Waals surface area contributed by atoms with Crippen molar-refractivity contribution < 1.29 is 28.9 Å². The summed E-state index contributed by atoms with van der Waals surface area (Å²) in [6.45, 7) is 2.19. The number of hydrogen-bond acceptors (Lipinski definition) is 7. The quantitative estimate of drug-likeness (QED) is 0.227. The minimum absolute atomic E-state index is 0.000295. The molecular formula is C27H27N3O6. The highest BCUT2D eigenvalue weighted by atomic mass is 16.5. The van der Waals surface area contributed by atoms with Gasteiger partial charge in [0.25, 0.3) is 11.8 Å². The number of methoxy groups -OCH3 is 2. The number of benzene rings is 3. The number of carbonyl (C=O) groups excluding carboxylic acids is 2. The topological polar surface area (TPSA) is 118 Å². The van der Waals surface area contributed by atoms with Gasteiger partial charge in [-0.1, -0.05) is 18.2 Å². The van der Waals surface area contributed by atoms with Crippen LogP contribution in [-0.2, 0) is 4.79 Å². The second kappa shape index (κ2) is 12.6. The number of hydrogen-bond donors (Lipinski definition) is 3. The Labute approximate surface area is 209 Å². The molecule has 9 nitrogen and oxygen atoms in total. The summed E-state index contributed by atoms with van der Waals surface area (Å²) in [5.41, 5.74) is 3.88. The van der Waals surface area contributed by atoms with Gasteiger partial charge in [-0.25, -0.2) is 5.43 Å². The van der Waals surface area contributed by atoms with Crippen molar-refractivity contribution in [1.82, 2.24) is 10.7 Å². The Kier molecular flexibility index (Phi) is 9.05. The molecule has 3 rings (SSSR count). The molecule has 0 aromatic heterocycles. The van der Waals surface area contributed by atoms with Crippen LogP contribution in [0.2, 0.25) is 0 Å². The van der Waals surface area contributed by atoms with Crippen molar-refractivity contribution in [3.05, 3.63) is 89.1 Å². The Balaban J connectivity index is 1.87. The molecule has 3 N–H and O–H groups in total. The van der Waals surface area contributed by atoms with E-state index in [-0.39, 0.29) is 11.4 Å². The lowest BCUT2D eigenvalue weighted by Gasteiger charge is -2.12. The number of amides is 2. The highest BCUT2D eigenvalue weighted by Gasteiger charge is 2.16. The van der Waals surface area contributed by atoms with Crippen LogP contribution in [0.3, 0.4) is 0 Å². The van der Waals surface area contributed by atoms with Crippen molar-refractivity contribution in [2.24, 2.45) is 5.10 Å². The molecule has 0 aliphatic heterocycles. The number of aromatic hydroxyl groups is 1. The summed E-state index contributed by atoms with van der Waals surface area (Å²) in [5, 5.41) is 16.5. The van der Waals surface area contributed by atoms with E-state index in [0.717, 1.165) is 0 Å². The molecule has 0 atom stereocenters. The molecule has 186 valence electrons. The number of hydrazone groups is 1. The van der Waals surface area contributed by atoms with Crippen molar-refractivity contribution in [2.45, 2.75) is 6.92 Å². The van der Waals surface area contributed by atoms with Crippen LogP contribution in [0.25, 0.3) is 6.08 Å². The predicted octanol–water partition coefficient (Wildman–Crippen LogP) is 3.73. The van der Waals surface area contributed by atoms with E-state index in [2.05, 4.69) is 15.8 Å². The third-order valence-corrected chi connectivity index (χ3v) is 4.93. The Morgan fingerprint density at radius 3 is 2.44 bits per heavy atom. The first-order chi connectivity index (χ1) is 17.4. The largest absolute Gasteiger partial charge is 0.504 e. The smallest absolute Gasteiger partial charge is 0.287 e. The van der Waals surface area contributed by atoms with Crippen LogP contribution < -0.4 is 25.0 Å². The Hall–Kier alpha value is -4.79. The van der Waals surface area contributed by atoms with Crippen LogP contribution in [0.4, 0.5) is 0 Å². The fraction of sp³-hybridized carbons (Fsp3) is 0.148. The molecule has 3 aromatic rings. The highest BCUT2D eigenvalue weighted by molar-refractivity contribution is 6.05. The van der Waals surface area contributed by atoms with E-state index in [1.54, 1.807) is 67.6 Å². The SMILES string of the molecule is CCOc1cc(C=NNC(=O)C(=Cc2ccc(OC)cc2OC)NC(=O)c2ccccc2)ccc1O. The second-order valence-corrected chi connectivity index (χ2v) is 7.35. The first kappa shape index (κ1) is 25.8. The van der Waals surface area contributed by atoms with Gasteiger partial charge in [-0.15, -0.1) is 0 Å². The van der Waals surface area contributed by atoms with E-state index in [0.29, 0.717) is 40.5 Å². The van der Waals surface area contributed by atoms with E-state index in [1.165, 1.54) is 32.6 Å². The normalized spacial score (nSPS) is 11.1. The molecule has 3 aromatic carbocycles. The number of phenolic OH excluding ortho intramolecular Hbond substituents is 1. The molecule has 0 saturated carbocycles. The summed E-state index contributed by atoms with van der Waals surface area (Å²) in [5.74, 6) is 0.207. The molecule has 0 radical (unpaired) electrons. The molecular weight excluding hydrogens is 462 g/mol. The van der Waals surface area contributed by atoms with Gasteiger partial charge in [0.1, 0.15) is 17.2 Å². The summed E-state index contributed by atoms with van der Waals surface area (Å²) in [7, 11) is 3.03. The maximum absolute atomic E-state index is 13.0. The predicted molar refractivity (Wildman–Crippen MR) is 136 cm³/mol. The summed E-state index contributed by atoms with van der Waals surface area (Å²) in [6.07, 6.45) is 2.88. The van der Waals surface area contributed by atoms with Gasteiger partial charge in [-0.05, 0) is 61.0 Å². The first-order valence-electron chi connectivity index (χ1n) is 11.0. The van der Waals surface area contributed by atoms with Crippen LogP contribution in [0.15, 0.2) is 77.5 Å². The van der Waals surface area contributed by atoms with Crippen LogP contribution in [0.1, 0.15) is 28.4 Å². The van der Waals surface area contributed by atoms with Crippen LogP contribution >= 0.6 is 0 Å². The summed E-state index contributed by atoms with van der Waals surface area (Å²) >= 11 is 0. The lowest BCUT2D eigenvalue weighted by atomic mass is 10.1. The molecule has 2 amide bonds. The lowest BCUT2D eigenvalue weighted by molar-refractivity contribution is -0.117. The fourth-order valence-corrected chi connectivity index (χ4v) is 3.14. The number of ether oxygens (including phenoxy) is 3. The van der Waals surface area contributed by atoms with Gasteiger partial charge >= 0.3 is 0 Å². The monoisotopic (exact) mass is 489 g/mol. The molecule has 36 heavy (non-hydrogen) atoms. The molecule has 0 fully saturated rings. The average molecular weight is 490 g/mol. The minimum Gasteiger partial charge on any atom is -0.504 e. The number of phenols is 1. The summed E-state index contributed by atoms with van der Waals surface area (Å²) in [4.78, 5) is 25.8. The fourth-order valence-electron chi connectivity index (χ4n) is 3.14. The third-order valence-electron chi connectivity index (χ3n) is 4.93. The first-order valence-corrected chi connectivity index (χ1v) is 11.0. The Morgan fingerprint density at radius 1 is 0.972 bits per heavy atom. The van der Waals surface area contributed by atoms with E-state index < -0.39 is 11.8 Å². The highest BCUT2D eigenvalue weighted by Crippen LogP contribution is 2.27. The van der Waals surface area contributed by atoms with Gasteiger partial charge in [-0.3, -0.25) is 9.59 Å². The zero-order valence-electron chi connectivity index (χ0n) is 20.1. The molecule has 0 heterocycles. The zero-order valence-corrected chi connectivity index (χ0v) is 20.1. The Morgan fingerprint density at radius 2 is 1.75 bits per heavy atom. The van der Waals surface area contributed by atoms with Gasteiger partial charge in [0.15, 0.2) is 11.5 Å². The molecule has 0 bridgehead atoms. The Bertz CT molecular complexity index is 1270. The maximum Gasteiger partial charge on any atom is 0.287 e. The molecule has 0 unspecified atom stereocenters. The van der Waals surface area contributed by atoms with Crippen molar-refractivity contribution in [3.8, 4) is 23.0 Å². The number of nitrogens with zero attached hydrogens (tertiary/aromatic N) is 1. The zero-order chi connectivity index (χ0) is 25.9. The maximum atomic E-state index is 13.0. The van der Waals surface area contributed by atoms with Gasteiger partial charge < -0.3 is 24.6 Å². The van der Waals surface area contributed by atoms with Crippen molar-refractivity contribution >= 4 is 24.1 Å². The standard InChI is InChI=1S/C27H27N3O6/c1-4-36-25-14-18(10-13-23(25)31)17-28-30-27(33)22(29-26(32)19-8-6-5-7-9-19)15-20-11-12-21(34-2)16-24(20)35-3/h5-17,31H,4H2,1-3H3,(H,29,32)(H,30,33). The van der Waals surface area contributed by atoms with Gasteiger partial charge in [0.2, 0.25) is 0 Å². The van der Waals surface area contributed by atoms with E-state index in [1.807, 2.05) is 0 Å². The number of carbonyl (C=O) groups is 2. The van der Waals surface area contributed by atoms with Crippen molar-refractivity contribution in [2.75, 3.05) is 20.8 Å².